The van der Waals surface area contributed by atoms with Crippen molar-refractivity contribution in [3.05, 3.63) is 35.1 Å². The fourth-order valence-electron chi connectivity index (χ4n) is 2.04. The molecule has 0 spiro atoms. The van der Waals surface area contributed by atoms with Crippen LogP contribution in [0.4, 0.5) is 0 Å². The molecule has 7 heteroatoms. The van der Waals surface area contributed by atoms with Gasteiger partial charge < -0.3 is 4.74 Å². The highest BCUT2D eigenvalue weighted by molar-refractivity contribution is 6.30. The molecule has 0 N–H and O–H groups in total. The number of hydrogen-bond donors (Lipinski definition) is 0. The zero-order valence-corrected chi connectivity index (χ0v) is 13.3. The largest absolute Gasteiger partial charge is 0.493 e. The standard InChI is InChI=1S/C14H20ClN5O/c1-11(14-16-17-18-20(14)3)19(2)8-5-9-21-13-7-4-6-12(15)10-13/h4,6-7,10-11H,5,8-9H2,1-3H3/t11-/m1/s1. The summed E-state index contributed by atoms with van der Waals surface area (Å²) >= 11 is 5.91. The van der Waals surface area contributed by atoms with E-state index in [1.54, 1.807) is 4.68 Å². The fraction of sp³-hybridized carbons (Fsp3) is 0.500. The van der Waals surface area contributed by atoms with Crippen LogP contribution in [0.2, 0.25) is 5.02 Å². The SMILES string of the molecule is C[C@H](c1nnnn1C)N(C)CCCOc1cccc(Cl)c1. The van der Waals surface area contributed by atoms with Gasteiger partial charge in [0.2, 0.25) is 0 Å². The molecule has 2 rings (SSSR count). The Morgan fingerprint density at radius 2 is 2.24 bits per heavy atom. The highest BCUT2D eigenvalue weighted by Crippen LogP contribution is 2.18. The van der Waals surface area contributed by atoms with Gasteiger partial charge in [0.05, 0.1) is 12.6 Å². The Hall–Kier alpha value is -1.66. The molecule has 1 aromatic carbocycles. The van der Waals surface area contributed by atoms with Crippen LogP contribution in [0.15, 0.2) is 24.3 Å². The number of aryl methyl sites for hydroxylation is 1. The number of hydrogen-bond acceptors (Lipinski definition) is 5. The first-order valence-corrected chi connectivity index (χ1v) is 7.26. The van der Waals surface area contributed by atoms with Crippen LogP contribution in [-0.2, 0) is 7.05 Å². The molecule has 6 nitrogen and oxygen atoms in total. The summed E-state index contributed by atoms with van der Waals surface area (Å²) in [6.07, 6.45) is 0.915. The number of rotatable bonds is 7. The smallest absolute Gasteiger partial charge is 0.167 e. The second kappa shape index (κ2) is 7.38. The molecule has 1 aromatic heterocycles. The molecule has 0 radical (unpaired) electrons. The molecule has 21 heavy (non-hydrogen) atoms. The summed E-state index contributed by atoms with van der Waals surface area (Å²) in [5, 5.41) is 12.2. The van der Waals surface area contributed by atoms with Crippen molar-refractivity contribution in [1.82, 2.24) is 25.1 Å². The van der Waals surface area contributed by atoms with Crippen molar-refractivity contribution in [3.63, 3.8) is 0 Å². The van der Waals surface area contributed by atoms with Gasteiger partial charge in [-0.05, 0) is 49.0 Å². The molecule has 0 unspecified atom stereocenters. The first-order valence-electron chi connectivity index (χ1n) is 6.89. The van der Waals surface area contributed by atoms with Gasteiger partial charge in [-0.2, -0.15) is 0 Å². The zero-order valence-electron chi connectivity index (χ0n) is 12.5. The Bertz CT molecular complexity index is 574. The van der Waals surface area contributed by atoms with E-state index in [1.807, 2.05) is 31.3 Å². The van der Waals surface area contributed by atoms with Crippen LogP contribution in [0, 0.1) is 0 Å². The molecule has 1 atom stereocenters. The summed E-state index contributed by atoms with van der Waals surface area (Å²) in [4.78, 5) is 2.20. The Balaban J connectivity index is 1.74. The van der Waals surface area contributed by atoms with Gasteiger partial charge in [0.25, 0.3) is 0 Å². The summed E-state index contributed by atoms with van der Waals surface area (Å²) < 4.78 is 7.37. The van der Waals surface area contributed by atoms with E-state index in [2.05, 4.69) is 34.4 Å². The molecule has 114 valence electrons. The van der Waals surface area contributed by atoms with Crippen molar-refractivity contribution in [3.8, 4) is 5.75 Å². The summed E-state index contributed by atoms with van der Waals surface area (Å²) in [7, 11) is 3.90. The molecule has 1 heterocycles. The monoisotopic (exact) mass is 309 g/mol. The van der Waals surface area contributed by atoms with E-state index in [0.717, 1.165) is 24.5 Å². The van der Waals surface area contributed by atoms with Crippen LogP contribution in [0.3, 0.4) is 0 Å². The van der Waals surface area contributed by atoms with Crippen LogP contribution < -0.4 is 4.74 Å². The van der Waals surface area contributed by atoms with E-state index < -0.39 is 0 Å². The number of aromatic nitrogens is 4. The van der Waals surface area contributed by atoms with Crippen molar-refractivity contribution in [1.29, 1.82) is 0 Å². The van der Waals surface area contributed by atoms with Gasteiger partial charge in [-0.15, -0.1) is 5.10 Å². The molecular weight excluding hydrogens is 290 g/mol. The molecule has 2 aromatic rings. The lowest BCUT2D eigenvalue weighted by molar-refractivity contribution is 0.217. The second-order valence-electron chi connectivity index (χ2n) is 4.98. The maximum atomic E-state index is 5.91. The van der Waals surface area contributed by atoms with Gasteiger partial charge in [0, 0.05) is 18.6 Å². The fourth-order valence-corrected chi connectivity index (χ4v) is 2.22. The van der Waals surface area contributed by atoms with E-state index in [0.29, 0.717) is 11.6 Å². The third kappa shape index (κ3) is 4.41. The lowest BCUT2D eigenvalue weighted by Gasteiger charge is -2.23. The number of ether oxygens (including phenoxy) is 1. The average molecular weight is 310 g/mol. The van der Waals surface area contributed by atoms with Crippen LogP contribution in [0.5, 0.6) is 5.75 Å². The van der Waals surface area contributed by atoms with Gasteiger partial charge in [0.1, 0.15) is 5.75 Å². The Morgan fingerprint density at radius 3 is 2.90 bits per heavy atom. The van der Waals surface area contributed by atoms with Crippen LogP contribution >= 0.6 is 11.6 Å². The van der Waals surface area contributed by atoms with E-state index in [9.17, 15) is 0 Å². The van der Waals surface area contributed by atoms with Crippen LogP contribution in [0.1, 0.15) is 25.2 Å². The Morgan fingerprint density at radius 1 is 1.43 bits per heavy atom. The number of halogens is 1. The maximum Gasteiger partial charge on any atom is 0.167 e. The van der Waals surface area contributed by atoms with Crippen LogP contribution in [0.25, 0.3) is 0 Å². The van der Waals surface area contributed by atoms with Gasteiger partial charge in [0.15, 0.2) is 5.82 Å². The minimum Gasteiger partial charge on any atom is -0.493 e. The molecule has 0 bridgehead atoms. The molecule has 0 aliphatic heterocycles. The third-order valence-electron chi connectivity index (χ3n) is 3.41. The van der Waals surface area contributed by atoms with Crippen molar-refractivity contribution >= 4 is 11.6 Å². The molecular formula is C14H20ClN5O. The summed E-state index contributed by atoms with van der Waals surface area (Å²) in [6.45, 7) is 3.63. The lowest BCUT2D eigenvalue weighted by atomic mass is 10.2. The molecule has 0 aliphatic carbocycles. The molecule has 0 aliphatic rings. The molecule has 0 saturated carbocycles. The molecule has 0 fully saturated rings. The van der Waals surface area contributed by atoms with Gasteiger partial charge in [-0.1, -0.05) is 17.7 Å². The second-order valence-corrected chi connectivity index (χ2v) is 5.41. The summed E-state index contributed by atoms with van der Waals surface area (Å²) in [5.74, 6) is 1.66. The van der Waals surface area contributed by atoms with Gasteiger partial charge in [-0.25, -0.2) is 4.68 Å². The quantitative estimate of drug-likeness (QED) is 0.735. The molecule has 0 amide bonds. The first-order chi connectivity index (χ1) is 10.1. The molecule has 0 saturated heterocycles. The predicted molar refractivity (Wildman–Crippen MR) is 81.4 cm³/mol. The van der Waals surface area contributed by atoms with Crippen molar-refractivity contribution in [2.75, 3.05) is 20.2 Å². The highest BCUT2D eigenvalue weighted by Gasteiger charge is 2.16. The highest BCUT2D eigenvalue weighted by atomic mass is 35.5. The van der Waals surface area contributed by atoms with E-state index in [4.69, 9.17) is 16.3 Å². The topological polar surface area (TPSA) is 56.1 Å². The lowest BCUT2D eigenvalue weighted by Crippen LogP contribution is -2.26. The minimum absolute atomic E-state index is 0.163. The Kier molecular flexibility index (Phi) is 5.52. The van der Waals surface area contributed by atoms with Gasteiger partial charge >= 0.3 is 0 Å². The van der Waals surface area contributed by atoms with Crippen molar-refractivity contribution in [2.45, 2.75) is 19.4 Å². The van der Waals surface area contributed by atoms with Crippen molar-refractivity contribution < 1.29 is 4.74 Å². The first kappa shape index (κ1) is 15.7. The normalized spacial score (nSPS) is 12.6. The predicted octanol–water partition coefficient (Wildman–Crippen LogP) is 2.33. The summed E-state index contributed by atoms with van der Waals surface area (Å²) in [5.41, 5.74) is 0. The maximum absolute atomic E-state index is 5.91. The Labute approximate surface area is 129 Å². The number of benzene rings is 1. The van der Waals surface area contributed by atoms with Crippen molar-refractivity contribution in [2.24, 2.45) is 7.05 Å². The van der Waals surface area contributed by atoms with E-state index in [1.165, 1.54) is 0 Å². The minimum atomic E-state index is 0.163. The van der Waals surface area contributed by atoms with Gasteiger partial charge in [-0.3, -0.25) is 4.90 Å². The zero-order chi connectivity index (χ0) is 15.2. The third-order valence-corrected chi connectivity index (χ3v) is 3.64. The number of tetrazole rings is 1. The summed E-state index contributed by atoms with van der Waals surface area (Å²) in [6, 6.07) is 7.60. The van der Waals surface area contributed by atoms with E-state index >= 15 is 0 Å². The van der Waals surface area contributed by atoms with Crippen LogP contribution in [-0.4, -0.2) is 45.3 Å². The van der Waals surface area contributed by atoms with E-state index in [-0.39, 0.29) is 6.04 Å². The average Bonchev–Trinajstić information content (AvgIpc) is 2.89. The number of nitrogens with zero attached hydrogens (tertiary/aromatic N) is 5.